The predicted molar refractivity (Wildman–Crippen MR) is 94.4 cm³/mol. The van der Waals surface area contributed by atoms with E-state index in [4.69, 9.17) is 16.3 Å². The highest BCUT2D eigenvalue weighted by Crippen LogP contribution is 2.33. The summed E-state index contributed by atoms with van der Waals surface area (Å²) in [7, 11) is 0. The normalized spacial score (nSPS) is 16.0. The Morgan fingerprint density at radius 2 is 2.22 bits per heavy atom. The van der Waals surface area contributed by atoms with Crippen LogP contribution in [0.15, 0.2) is 18.2 Å². The van der Waals surface area contributed by atoms with Crippen molar-refractivity contribution in [3.05, 3.63) is 23.2 Å². The van der Waals surface area contributed by atoms with Crippen molar-refractivity contribution in [2.24, 2.45) is 0 Å². The molecule has 1 fully saturated rings. The average molecular weight is 353 g/mol. The minimum Gasteiger partial charge on any atom is -0.467 e. The molecule has 1 aromatic carbocycles. The number of ether oxygens (including phenoxy) is 1. The number of rotatable bonds is 5. The van der Waals surface area contributed by atoms with Crippen LogP contribution in [0.4, 0.5) is 0 Å². The maximum Gasteiger partial charge on any atom is 0.274 e. The van der Waals surface area contributed by atoms with Gasteiger partial charge in [0.05, 0.1) is 9.72 Å². The first-order valence-corrected chi connectivity index (χ1v) is 9.36. The zero-order chi connectivity index (χ0) is 16.2. The number of thiazole rings is 1. The second-order valence-electron chi connectivity index (χ2n) is 5.87. The SMILES string of the molecule is CCCCC(=O)N1CCC(Oc2nc3c(Cl)cccc3s2)CC1. The Bertz CT molecular complexity index is 680. The van der Waals surface area contributed by atoms with Crippen molar-refractivity contribution in [1.29, 1.82) is 0 Å². The van der Waals surface area contributed by atoms with Gasteiger partial charge in [0.25, 0.3) is 5.19 Å². The third-order valence-corrected chi connectivity index (χ3v) is 5.37. The molecule has 3 rings (SSSR count). The number of unbranched alkanes of at least 4 members (excludes halogenated alkanes) is 1. The number of nitrogens with zero attached hydrogens (tertiary/aromatic N) is 2. The lowest BCUT2D eigenvalue weighted by atomic mass is 10.1. The molecule has 0 radical (unpaired) electrons. The first kappa shape index (κ1) is 16.5. The van der Waals surface area contributed by atoms with Crippen LogP contribution in [0.2, 0.25) is 5.02 Å². The topological polar surface area (TPSA) is 42.4 Å². The van der Waals surface area contributed by atoms with E-state index in [9.17, 15) is 4.79 Å². The number of carbonyl (C=O) groups excluding carboxylic acids is 1. The summed E-state index contributed by atoms with van der Waals surface area (Å²) in [6.07, 6.45) is 4.55. The number of hydrogen-bond donors (Lipinski definition) is 0. The Labute approximate surface area is 145 Å². The molecule has 1 amide bonds. The van der Waals surface area contributed by atoms with E-state index in [1.807, 2.05) is 23.1 Å². The van der Waals surface area contributed by atoms with Crippen LogP contribution in [0.3, 0.4) is 0 Å². The van der Waals surface area contributed by atoms with Gasteiger partial charge in [-0.05, 0) is 18.6 Å². The number of likely N-dealkylation sites (tertiary alicyclic amines) is 1. The van der Waals surface area contributed by atoms with E-state index in [0.29, 0.717) is 16.6 Å². The number of hydrogen-bond acceptors (Lipinski definition) is 4. The predicted octanol–water partition coefficient (Wildman–Crippen LogP) is 4.51. The van der Waals surface area contributed by atoms with E-state index in [-0.39, 0.29) is 12.0 Å². The van der Waals surface area contributed by atoms with Crippen LogP contribution in [0.5, 0.6) is 5.19 Å². The van der Waals surface area contributed by atoms with Gasteiger partial charge in [-0.2, -0.15) is 0 Å². The molecule has 0 saturated carbocycles. The van der Waals surface area contributed by atoms with Crippen molar-refractivity contribution >= 4 is 39.1 Å². The van der Waals surface area contributed by atoms with Gasteiger partial charge in [0, 0.05) is 32.4 Å². The molecule has 0 aliphatic carbocycles. The van der Waals surface area contributed by atoms with Gasteiger partial charge in [0.1, 0.15) is 11.6 Å². The molecule has 6 heteroatoms. The van der Waals surface area contributed by atoms with Crippen molar-refractivity contribution in [3.8, 4) is 5.19 Å². The summed E-state index contributed by atoms with van der Waals surface area (Å²) in [6, 6.07) is 5.77. The average Bonchev–Trinajstić information content (AvgIpc) is 2.97. The van der Waals surface area contributed by atoms with Crippen molar-refractivity contribution < 1.29 is 9.53 Å². The zero-order valence-corrected chi connectivity index (χ0v) is 14.8. The van der Waals surface area contributed by atoms with Crippen LogP contribution in [0, 0.1) is 0 Å². The monoisotopic (exact) mass is 352 g/mol. The molecule has 0 unspecified atom stereocenters. The molecule has 2 heterocycles. The van der Waals surface area contributed by atoms with E-state index >= 15 is 0 Å². The van der Waals surface area contributed by atoms with Crippen LogP contribution < -0.4 is 4.74 Å². The fourth-order valence-electron chi connectivity index (χ4n) is 2.80. The maximum absolute atomic E-state index is 12.0. The van der Waals surface area contributed by atoms with Gasteiger partial charge in [0.2, 0.25) is 5.91 Å². The minimum atomic E-state index is 0.129. The molecule has 1 saturated heterocycles. The van der Waals surface area contributed by atoms with E-state index in [2.05, 4.69) is 11.9 Å². The lowest BCUT2D eigenvalue weighted by Crippen LogP contribution is -2.41. The summed E-state index contributed by atoms with van der Waals surface area (Å²) in [5.74, 6) is 0.275. The number of benzene rings is 1. The Morgan fingerprint density at radius 3 is 2.91 bits per heavy atom. The quantitative estimate of drug-likeness (QED) is 0.795. The number of halogens is 1. The molecule has 1 aliphatic rings. The lowest BCUT2D eigenvalue weighted by Gasteiger charge is -2.31. The highest BCUT2D eigenvalue weighted by Gasteiger charge is 2.24. The van der Waals surface area contributed by atoms with Gasteiger partial charge in [-0.1, -0.05) is 42.3 Å². The molecule has 2 aromatic rings. The van der Waals surface area contributed by atoms with E-state index < -0.39 is 0 Å². The molecule has 1 aromatic heterocycles. The van der Waals surface area contributed by atoms with Gasteiger partial charge in [0.15, 0.2) is 0 Å². The first-order chi connectivity index (χ1) is 11.2. The van der Waals surface area contributed by atoms with Crippen molar-refractivity contribution in [3.63, 3.8) is 0 Å². The zero-order valence-electron chi connectivity index (χ0n) is 13.3. The summed E-state index contributed by atoms with van der Waals surface area (Å²) in [6.45, 7) is 3.66. The summed E-state index contributed by atoms with van der Waals surface area (Å²) in [5, 5.41) is 1.33. The van der Waals surface area contributed by atoms with Gasteiger partial charge in [-0.3, -0.25) is 4.79 Å². The number of carbonyl (C=O) groups is 1. The van der Waals surface area contributed by atoms with Crippen molar-refractivity contribution in [1.82, 2.24) is 9.88 Å². The fraction of sp³-hybridized carbons (Fsp3) is 0.529. The number of para-hydroxylation sites is 1. The molecule has 0 spiro atoms. The fourth-order valence-corrected chi connectivity index (χ4v) is 3.98. The molecule has 0 atom stereocenters. The first-order valence-electron chi connectivity index (χ1n) is 8.17. The Morgan fingerprint density at radius 1 is 1.43 bits per heavy atom. The Kier molecular flexibility index (Phi) is 5.38. The van der Waals surface area contributed by atoms with Crippen molar-refractivity contribution in [2.75, 3.05) is 13.1 Å². The van der Waals surface area contributed by atoms with Gasteiger partial charge >= 0.3 is 0 Å². The Hall–Kier alpha value is -1.33. The molecule has 124 valence electrons. The molecule has 23 heavy (non-hydrogen) atoms. The lowest BCUT2D eigenvalue weighted by molar-refractivity contribution is -0.133. The molecular formula is C17H21ClN2O2S. The van der Waals surface area contributed by atoms with Gasteiger partial charge in [-0.15, -0.1) is 0 Å². The van der Waals surface area contributed by atoms with Crippen LogP contribution >= 0.6 is 22.9 Å². The summed E-state index contributed by atoms with van der Waals surface area (Å²) in [4.78, 5) is 18.5. The van der Waals surface area contributed by atoms with Crippen LogP contribution in [-0.2, 0) is 4.79 Å². The van der Waals surface area contributed by atoms with E-state index in [1.54, 1.807) is 0 Å². The number of amides is 1. The molecule has 4 nitrogen and oxygen atoms in total. The minimum absolute atomic E-state index is 0.129. The van der Waals surface area contributed by atoms with E-state index in [1.165, 1.54) is 11.3 Å². The highest BCUT2D eigenvalue weighted by atomic mass is 35.5. The van der Waals surface area contributed by atoms with E-state index in [0.717, 1.165) is 49.0 Å². The smallest absolute Gasteiger partial charge is 0.274 e. The third-order valence-electron chi connectivity index (χ3n) is 4.16. The number of fused-ring (bicyclic) bond motifs is 1. The molecule has 0 bridgehead atoms. The van der Waals surface area contributed by atoms with Crippen LogP contribution in [0.1, 0.15) is 39.0 Å². The second kappa shape index (κ2) is 7.49. The second-order valence-corrected chi connectivity index (χ2v) is 7.27. The summed E-state index contributed by atoms with van der Waals surface area (Å²) >= 11 is 7.68. The van der Waals surface area contributed by atoms with Gasteiger partial charge in [-0.25, -0.2) is 4.98 Å². The molecule has 1 aliphatic heterocycles. The van der Waals surface area contributed by atoms with Crippen molar-refractivity contribution in [2.45, 2.75) is 45.1 Å². The number of aromatic nitrogens is 1. The number of piperidine rings is 1. The third kappa shape index (κ3) is 3.96. The van der Waals surface area contributed by atoms with Crippen LogP contribution in [0.25, 0.3) is 10.2 Å². The largest absolute Gasteiger partial charge is 0.467 e. The summed E-state index contributed by atoms with van der Waals surface area (Å²) in [5.41, 5.74) is 0.807. The highest BCUT2D eigenvalue weighted by molar-refractivity contribution is 7.20. The van der Waals surface area contributed by atoms with Gasteiger partial charge < -0.3 is 9.64 Å². The molecule has 0 N–H and O–H groups in total. The molecular weight excluding hydrogens is 332 g/mol. The van der Waals surface area contributed by atoms with Crippen LogP contribution in [-0.4, -0.2) is 35.0 Å². The Balaban J connectivity index is 1.55. The standard InChI is InChI=1S/C17H21ClN2O2S/c1-2-3-7-15(21)20-10-8-12(9-11-20)22-17-19-16-13(18)5-4-6-14(16)23-17/h4-6,12H,2-3,7-11H2,1H3. The summed E-state index contributed by atoms with van der Waals surface area (Å²) < 4.78 is 7.06. The maximum atomic E-state index is 12.0.